The van der Waals surface area contributed by atoms with Crippen molar-refractivity contribution in [3.05, 3.63) is 16.1 Å². The van der Waals surface area contributed by atoms with E-state index < -0.39 is 0 Å². The molecule has 0 amide bonds. The third kappa shape index (κ3) is 3.06. The molecule has 74 valence electrons. The lowest BCUT2D eigenvalue weighted by Gasteiger charge is -2.11. The summed E-state index contributed by atoms with van der Waals surface area (Å²) >= 11 is 1.70. The Hall–Kier alpha value is -0.450. The van der Waals surface area contributed by atoms with Crippen LogP contribution in [0.2, 0.25) is 0 Å². The van der Waals surface area contributed by atoms with E-state index in [2.05, 4.69) is 17.2 Å². The molecular weight excluding hydrogens is 184 g/mol. The summed E-state index contributed by atoms with van der Waals surface area (Å²) in [6, 6.07) is 0.377. The second-order valence-electron chi connectivity index (χ2n) is 2.97. The third-order valence-corrected chi connectivity index (χ3v) is 3.05. The van der Waals surface area contributed by atoms with Crippen molar-refractivity contribution in [1.29, 1.82) is 0 Å². The number of ether oxygens (including phenoxy) is 1. The van der Waals surface area contributed by atoms with Crippen molar-refractivity contribution in [3.8, 4) is 0 Å². The first-order valence-electron chi connectivity index (χ1n) is 4.38. The molecule has 0 fully saturated rings. The Kier molecular flexibility index (Phi) is 4.35. The minimum Gasteiger partial charge on any atom is -0.383 e. The molecule has 13 heavy (non-hydrogen) atoms. The molecule has 1 heterocycles. The maximum atomic E-state index is 4.97. The van der Waals surface area contributed by atoms with E-state index in [1.165, 1.54) is 4.88 Å². The van der Waals surface area contributed by atoms with E-state index in [1.54, 1.807) is 18.4 Å². The van der Waals surface area contributed by atoms with Crippen molar-refractivity contribution in [2.24, 2.45) is 0 Å². The summed E-state index contributed by atoms with van der Waals surface area (Å²) in [4.78, 5) is 5.53. The number of methoxy groups -OCH3 is 1. The van der Waals surface area contributed by atoms with Gasteiger partial charge in [-0.2, -0.15) is 0 Å². The molecular formula is C9H16N2OS. The molecule has 1 aromatic rings. The summed E-state index contributed by atoms with van der Waals surface area (Å²) in [6.45, 7) is 5.83. The van der Waals surface area contributed by atoms with Crippen molar-refractivity contribution in [3.63, 3.8) is 0 Å². The van der Waals surface area contributed by atoms with E-state index >= 15 is 0 Å². The molecule has 1 unspecified atom stereocenters. The highest BCUT2D eigenvalue weighted by Gasteiger charge is 2.09. The van der Waals surface area contributed by atoms with E-state index in [9.17, 15) is 0 Å². The van der Waals surface area contributed by atoms with Crippen LogP contribution in [0.25, 0.3) is 0 Å². The number of aromatic nitrogens is 1. The SMILES string of the molecule is COCCNC(C)c1scnc1C. The number of nitrogens with zero attached hydrogens (tertiary/aromatic N) is 1. The molecule has 0 saturated carbocycles. The van der Waals surface area contributed by atoms with Gasteiger partial charge in [0.1, 0.15) is 0 Å². The van der Waals surface area contributed by atoms with Crippen molar-refractivity contribution in [1.82, 2.24) is 10.3 Å². The zero-order valence-corrected chi connectivity index (χ0v) is 9.15. The van der Waals surface area contributed by atoms with Crippen LogP contribution >= 0.6 is 11.3 Å². The van der Waals surface area contributed by atoms with E-state index in [0.717, 1.165) is 18.8 Å². The fraction of sp³-hybridized carbons (Fsp3) is 0.667. The van der Waals surface area contributed by atoms with Gasteiger partial charge in [-0.1, -0.05) is 0 Å². The summed E-state index contributed by atoms with van der Waals surface area (Å²) in [7, 11) is 1.71. The van der Waals surface area contributed by atoms with E-state index in [4.69, 9.17) is 4.74 Å². The van der Waals surface area contributed by atoms with Crippen molar-refractivity contribution < 1.29 is 4.74 Å². The van der Waals surface area contributed by atoms with E-state index in [1.807, 2.05) is 12.4 Å². The van der Waals surface area contributed by atoms with E-state index in [-0.39, 0.29) is 0 Å². The first-order chi connectivity index (χ1) is 6.25. The lowest BCUT2D eigenvalue weighted by atomic mass is 10.2. The van der Waals surface area contributed by atoms with Crippen LogP contribution in [0.4, 0.5) is 0 Å². The lowest BCUT2D eigenvalue weighted by molar-refractivity contribution is 0.196. The van der Waals surface area contributed by atoms with Crippen LogP contribution in [0.3, 0.4) is 0 Å². The van der Waals surface area contributed by atoms with Gasteiger partial charge >= 0.3 is 0 Å². The quantitative estimate of drug-likeness (QED) is 0.735. The Morgan fingerprint density at radius 2 is 2.46 bits per heavy atom. The first-order valence-corrected chi connectivity index (χ1v) is 5.26. The fourth-order valence-corrected chi connectivity index (χ4v) is 2.03. The second kappa shape index (κ2) is 5.32. The normalized spacial score (nSPS) is 13.2. The Bertz CT molecular complexity index is 250. The van der Waals surface area contributed by atoms with Gasteiger partial charge in [-0.15, -0.1) is 11.3 Å². The largest absolute Gasteiger partial charge is 0.383 e. The second-order valence-corrected chi connectivity index (χ2v) is 3.86. The Morgan fingerprint density at radius 1 is 1.69 bits per heavy atom. The highest BCUT2D eigenvalue weighted by molar-refractivity contribution is 7.09. The van der Waals surface area contributed by atoms with Gasteiger partial charge in [0.2, 0.25) is 0 Å². The zero-order valence-electron chi connectivity index (χ0n) is 8.33. The smallest absolute Gasteiger partial charge is 0.0798 e. The molecule has 0 aromatic carbocycles. The minimum atomic E-state index is 0.377. The van der Waals surface area contributed by atoms with Gasteiger partial charge in [-0.25, -0.2) is 4.98 Å². The monoisotopic (exact) mass is 200 g/mol. The number of aryl methyl sites for hydroxylation is 1. The van der Waals surface area contributed by atoms with Gasteiger partial charge in [0.15, 0.2) is 0 Å². The summed E-state index contributed by atoms with van der Waals surface area (Å²) in [5.74, 6) is 0. The molecule has 0 aliphatic rings. The maximum Gasteiger partial charge on any atom is 0.0798 e. The van der Waals surface area contributed by atoms with Gasteiger partial charge in [-0.05, 0) is 13.8 Å². The van der Waals surface area contributed by atoms with Gasteiger partial charge < -0.3 is 10.1 Å². The van der Waals surface area contributed by atoms with Gasteiger partial charge in [-0.3, -0.25) is 0 Å². The van der Waals surface area contributed by atoms with Crippen LogP contribution in [0.1, 0.15) is 23.5 Å². The molecule has 0 spiro atoms. The summed E-state index contributed by atoms with van der Waals surface area (Å²) < 4.78 is 4.97. The lowest BCUT2D eigenvalue weighted by Crippen LogP contribution is -2.22. The first kappa shape index (κ1) is 10.6. The van der Waals surface area contributed by atoms with Crippen LogP contribution in [0.5, 0.6) is 0 Å². The standard InChI is InChI=1S/C9H16N2OS/c1-7(10-4-5-12-3)9-8(2)11-6-13-9/h6-7,10H,4-5H2,1-3H3. The molecule has 1 rings (SSSR count). The summed E-state index contributed by atoms with van der Waals surface area (Å²) in [6.07, 6.45) is 0. The molecule has 0 aliphatic carbocycles. The predicted molar refractivity (Wildman–Crippen MR) is 55.1 cm³/mol. The average molecular weight is 200 g/mol. The van der Waals surface area contributed by atoms with Crippen LogP contribution in [0, 0.1) is 6.92 Å². The van der Waals surface area contributed by atoms with Gasteiger partial charge in [0.25, 0.3) is 0 Å². The molecule has 0 bridgehead atoms. The number of thiazole rings is 1. The number of hydrogen-bond donors (Lipinski definition) is 1. The number of hydrogen-bond acceptors (Lipinski definition) is 4. The topological polar surface area (TPSA) is 34.1 Å². The van der Waals surface area contributed by atoms with Crippen LogP contribution in [0.15, 0.2) is 5.51 Å². The minimum absolute atomic E-state index is 0.377. The average Bonchev–Trinajstić information content (AvgIpc) is 2.52. The molecule has 1 aromatic heterocycles. The molecule has 0 aliphatic heterocycles. The number of nitrogens with one attached hydrogen (secondary N) is 1. The summed E-state index contributed by atoms with van der Waals surface area (Å²) in [5.41, 5.74) is 3.02. The van der Waals surface area contributed by atoms with Gasteiger partial charge in [0.05, 0.1) is 17.8 Å². The van der Waals surface area contributed by atoms with Crippen molar-refractivity contribution in [2.75, 3.05) is 20.3 Å². The van der Waals surface area contributed by atoms with Crippen LogP contribution in [-0.2, 0) is 4.74 Å². The Labute approximate surface area is 83.1 Å². The predicted octanol–water partition coefficient (Wildman–Crippen LogP) is 1.75. The molecule has 0 radical (unpaired) electrons. The van der Waals surface area contributed by atoms with Crippen LogP contribution in [-0.4, -0.2) is 25.2 Å². The molecule has 1 N–H and O–H groups in total. The van der Waals surface area contributed by atoms with Gasteiger partial charge in [0, 0.05) is 24.6 Å². The third-order valence-electron chi connectivity index (χ3n) is 1.93. The Balaban J connectivity index is 2.39. The molecule has 1 atom stereocenters. The highest BCUT2D eigenvalue weighted by Crippen LogP contribution is 2.20. The number of rotatable bonds is 5. The zero-order chi connectivity index (χ0) is 9.68. The molecule has 4 heteroatoms. The highest BCUT2D eigenvalue weighted by atomic mass is 32.1. The Morgan fingerprint density at radius 3 is 3.00 bits per heavy atom. The van der Waals surface area contributed by atoms with Crippen molar-refractivity contribution in [2.45, 2.75) is 19.9 Å². The van der Waals surface area contributed by atoms with Crippen molar-refractivity contribution >= 4 is 11.3 Å². The van der Waals surface area contributed by atoms with E-state index in [0.29, 0.717) is 6.04 Å². The van der Waals surface area contributed by atoms with Crippen LogP contribution < -0.4 is 5.32 Å². The summed E-state index contributed by atoms with van der Waals surface area (Å²) in [5, 5.41) is 3.37. The molecule has 3 nitrogen and oxygen atoms in total. The maximum absolute atomic E-state index is 4.97. The fourth-order valence-electron chi connectivity index (χ4n) is 1.20. The molecule has 0 saturated heterocycles.